The van der Waals surface area contributed by atoms with Crippen molar-refractivity contribution in [3.05, 3.63) is 29.8 Å². The van der Waals surface area contributed by atoms with Gasteiger partial charge in [-0.3, -0.25) is 4.79 Å². The Bertz CT molecular complexity index is 700. The molecule has 0 saturated carbocycles. The third kappa shape index (κ3) is 4.64. The average Bonchev–Trinajstić information content (AvgIpc) is 3.17. The van der Waals surface area contributed by atoms with E-state index in [4.69, 9.17) is 0 Å². The fourth-order valence-electron chi connectivity index (χ4n) is 3.30. The molecule has 1 atom stereocenters. The second kappa shape index (κ2) is 9.48. The molecule has 1 aliphatic rings. The quantitative estimate of drug-likeness (QED) is 0.713. The van der Waals surface area contributed by atoms with Crippen LogP contribution in [0.25, 0.3) is 0 Å². The topological polar surface area (TPSA) is 69.7 Å². The fraction of sp³-hybridized carbons (Fsp3) is 0.632. The number of nitrogens with zero attached hydrogens (tertiary/aromatic N) is 2. The second-order valence-electron chi connectivity index (χ2n) is 6.84. The number of carbonyl (C=O) groups excluding carboxylic acids is 1. The molecular formula is C19H31N3O3S. The van der Waals surface area contributed by atoms with Crippen LogP contribution in [0.15, 0.2) is 29.2 Å². The Morgan fingerprint density at radius 1 is 1.19 bits per heavy atom. The highest BCUT2D eigenvalue weighted by Crippen LogP contribution is 2.25. The van der Waals surface area contributed by atoms with Crippen LogP contribution in [0.2, 0.25) is 0 Å². The molecule has 0 bridgehead atoms. The van der Waals surface area contributed by atoms with E-state index in [9.17, 15) is 13.2 Å². The Labute approximate surface area is 157 Å². The molecule has 1 aromatic carbocycles. The molecule has 26 heavy (non-hydrogen) atoms. The van der Waals surface area contributed by atoms with Crippen LogP contribution >= 0.6 is 0 Å². The lowest BCUT2D eigenvalue weighted by atomic mass is 10.2. The molecule has 2 rings (SSSR count). The molecule has 0 aromatic heterocycles. The van der Waals surface area contributed by atoms with Gasteiger partial charge in [-0.15, -0.1) is 0 Å². The number of amides is 1. The van der Waals surface area contributed by atoms with Crippen molar-refractivity contribution in [1.29, 1.82) is 0 Å². The smallest absolute Gasteiger partial charge is 0.254 e. The predicted octanol–water partition coefficient (Wildman–Crippen LogP) is 2.32. The molecule has 146 valence electrons. The van der Waals surface area contributed by atoms with Crippen LogP contribution < -0.4 is 5.32 Å². The van der Waals surface area contributed by atoms with Crippen LogP contribution in [0.5, 0.6) is 0 Å². The number of nitrogens with one attached hydrogen (secondary N) is 1. The molecule has 1 aliphatic heterocycles. The molecule has 0 aliphatic carbocycles. The van der Waals surface area contributed by atoms with E-state index in [1.54, 1.807) is 40.5 Å². The summed E-state index contributed by atoms with van der Waals surface area (Å²) in [5.74, 6) is -0.237. The van der Waals surface area contributed by atoms with E-state index in [1.165, 1.54) is 0 Å². The van der Waals surface area contributed by atoms with Crippen molar-refractivity contribution < 1.29 is 13.2 Å². The van der Waals surface area contributed by atoms with Crippen molar-refractivity contribution in [2.75, 3.05) is 33.2 Å². The van der Waals surface area contributed by atoms with E-state index in [-0.39, 0.29) is 22.4 Å². The summed E-state index contributed by atoms with van der Waals surface area (Å²) < 4.78 is 28.4. The number of unbranched alkanes of at least 4 members (excludes halogenated alkanes) is 1. The summed E-state index contributed by atoms with van der Waals surface area (Å²) in [6, 6.07) is 6.53. The Hall–Kier alpha value is -1.44. The fourth-order valence-corrected chi connectivity index (χ4v) is 5.23. The van der Waals surface area contributed by atoms with Gasteiger partial charge in [-0.25, -0.2) is 8.42 Å². The highest BCUT2D eigenvalue weighted by atomic mass is 32.2. The van der Waals surface area contributed by atoms with Gasteiger partial charge < -0.3 is 10.2 Å². The van der Waals surface area contributed by atoms with Crippen molar-refractivity contribution in [3.8, 4) is 0 Å². The zero-order chi connectivity index (χ0) is 19.2. The molecule has 6 nitrogen and oxygen atoms in total. The first-order chi connectivity index (χ1) is 12.4. The third-order valence-corrected chi connectivity index (χ3v) is 6.79. The highest BCUT2D eigenvalue weighted by Gasteiger charge is 2.35. The van der Waals surface area contributed by atoms with E-state index in [0.717, 1.165) is 32.2 Å². The van der Waals surface area contributed by atoms with Crippen molar-refractivity contribution in [2.45, 2.75) is 50.5 Å². The van der Waals surface area contributed by atoms with Crippen molar-refractivity contribution in [2.24, 2.45) is 0 Å². The van der Waals surface area contributed by atoms with Crippen molar-refractivity contribution in [3.63, 3.8) is 0 Å². The number of carbonyl (C=O) groups is 1. The predicted molar refractivity (Wildman–Crippen MR) is 104 cm³/mol. The zero-order valence-corrected chi connectivity index (χ0v) is 16.9. The van der Waals surface area contributed by atoms with Crippen molar-refractivity contribution >= 4 is 15.9 Å². The maximum absolute atomic E-state index is 13.4. The molecule has 1 fully saturated rings. The molecule has 1 unspecified atom stereocenters. The minimum Gasteiger partial charge on any atom is -0.342 e. The number of sulfonamides is 1. The Morgan fingerprint density at radius 3 is 2.54 bits per heavy atom. The van der Waals surface area contributed by atoms with Gasteiger partial charge in [0.1, 0.15) is 0 Å². The largest absolute Gasteiger partial charge is 0.342 e. The third-order valence-electron chi connectivity index (χ3n) is 4.78. The lowest BCUT2D eigenvalue weighted by Crippen LogP contribution is -2.42. The number of hydrogen-bond donors (Lipinski definition) is 1. The number of benzene rings is 1. The molecule has 1 N–H and O–H groups in total. The maximum Gasteiger partial charge on any atom is 0.254 e. The first-order valence-electron chi connectivity index (χ1n) is 9.50. The Morgan fingerprint density at radius 2 is 1.92 bits per heavy atom. The summed E-state index contributed by atoms with van der Waals surface area (Å²) in [4.78, 5) is 14.6. The lowest BCUT2D eigenvalue weighted by Gasteiger charge is -2.28. The van der Waals surface area contributed by atoms with Gasteiger partial charge in [-0.05, 0) is 37.9 Å². The summed E-state index contributed by atoms with van der Waals surface area (Å²) >= 11 is 0. The highest BCUT2D eigenvalue weighted by molar-refractivity contribution is 7.89. The summed E-state index contributed by atoms with van der Waals surface area (Å²) in [7, 11) is -2.00. The van der Waals surface area contributed by atoms with E-state index in [2.05, 4.69) is 12.2 Å². The van der Waals surface area contributed by atoms with Gasteiger partial charge in [0.05, 0.1) is 10.5 Å². The van der Waals surface area contributed by atoms with Crippen LogP contribution in [-0.2, 0) is 10.0 Å². The summed E-state index contributed by atoms with van der Waals surface area (Å²) in [6.07, 6.45) is 3.41. The monoisotopic (exact) mass is 381 g/mol. The Kier molecular flexibility index (Phi) is 7.61. The molecule has 1 heterocycles. The minimum absolute atomic E-state index is 0.0547. The average molecular weight is 382 g/mol. The van der Waals surface area contributed by atoms with Crippen LogP contribution in [-0.4, -0.2) is 62.8 Å². The molecule has 1 saturated heterocycles. The number of hydrogen-bond acceptors (Lipinski definition) is 4. The van der Waals surface area contributed by atoms with Crippen molar-refractivity contribution in [1.82, 2.24) is 14.5 Å². The SMILES string of the molecule is CCCCN(C)C(=O)c1ccccc1S(=O)(=O)N(CCC)C1CCNC1. The van der Waals surface area contributed by atoms with E-state index >= 15 is 0 Å². The van der Waals surface area contributed by atoms with Gasteiger partial charge >= 0.3 is 0 Å². The van der Waals surface area contributed by atoms with Gasteiger partial charge in [0.2, 0.25) is 10.0 Å². The summed E-state index contributed by atoms with van der Waals surface area (Å²) in [5.41, 5.74) is 0.262. The van der Waals surface area contributed by atoms with Crippen LogP contribution in [0, 0.1) is 0 Å². The van der Waals surface area contributed by atoms with Gasteiger partial charge in [0, 0.05) is 32.7 Å². The number of rotatable bonds is 9. The lowest BCUT2D eigenvalue weighted by molar-refractivity contribution is 0.0789. The molecule has 1 aromatic rings. The van der Waals surface area contributed by atoms with Crippen LogP contribution in [0.1, 0.15) is 49.9 Å². The van der Waals surface area contributed by atoms with Gasteiger partial charge in [0.15, 0.2) is 0 Å². The maximum atomic E-state index is 13.4. The molecule has 1 amide bonds. The van der Waals surface area contributed by atoms with Gasteiger partial charge in [-0.1, -0.05) is 32.4 Å². The molecule has 0 radical (unpaired) electrons. The first kappa shape index (κ1) is 20.9. The van der Waals surface area contributed by atoms with E-state index in [1.807, 2.05) is 6.92 Å². The zero-order valence-electron chi connectivity index (χ0n) is 16.1. The first-order valence-corrected chi connectivity index (χ1v) is 10.9. The van der Waals surface area contributed by atoms with Crippen LogP contribution in [0.4, 0.5) is 0 Å². The standard InChI is InChI=1S/C19H31N3O3S/c1-4-6-14-21(3)19(23)17-9-7-8-10-18(17)26(24,25)22(13-5-2)16-11-12-20-15-16/h7-10,16,20H,4-6,11-15H2,1-3H3. The van der Waals surface area contributed by atoms with E-state index in [0.29, 0.717) is 19.6 Å². The Balaban J connectivity index is 2.38. The molecule has 0 spiro atoms. The van der Waals surface area contributed by atoms with Gasteiger partial charge in [-0.2, -0.15) is 4.31 Å². The minimum atomic E-state index is -3.73. The second-order valence-corrected chi connectivity index (χ2v) is 8.70. The van der Waals surface area contributed by atoms with Gasteiger partial charge in [0.25, 0.3) is 5.91 Å². The van der Waals surface area contributed by atoms with E-state index < -0.39 is 10.0 Å². The molecule has 7 heteroatoms. The molecular weight excluding hydrogens is 350 g/mol. The van der Waals surface area contributed by atoms with Crippen LogP contribution in [0.3, 0.4) is 0 Å². The summed E-state index contributed by atoms with van der Waals surface area (Å²) in [5, 5.41) is 3.23. The normalized spacial score (nSPS) is 17.6. The summed E-state index contributed by atoms with van der Waals surface area (Å²) in [6.45, 7) is 6.60.